The van der Waals surface area contributed by atoms with Crippen molar-refractivity contribution in [3.63, 3.8) is 0 Å². The van der Waals surface area contributed by atoms with E-state index in [1.807, 2.05) is 42.5 Å². The van der Waals surface area contributed by atoms with E-state index in [1.54, 1.807) is 0 Å². The van der Waals surface area contributed by atoms with Gasteiger partial charge in [0, 0.05) is 6.42 Å². The van der Waals surface area contributed by atoms with Gasteiger partial charge >= 0.3 is 0 Å². The van der Waals surface area contributed by atoms with Crippen LogP contribution < -0.4 is 0 Å². The normalized spacial score (nSPS) is 30.6. The summed E-state index contributed by atoms with van der Waals surface area (Å²) in [6, 6.07) is 13.7. The second kappa shape index (κ2) is 5.50. The van der Waals surface area contributed by atoms with Gasteiger partial charge < -0.3 is 20.1 Å². The summed E-state index contributed by atoms with van der Waals surface area (Å²) >= 11 is 0. The number of ether oxygens (including phenoxy) is 1. The lowest BCUT2D eigenvalue weighted by Crippen LogP contribution is -2.44. The van der Waals surface area contributed by atoms with Gasteiger partial charge in [-0.15, -0.1) is 0 Å². The number of hydrogen-bond acceptors (Lipinski definition) is 4. The largest absolute Gasteiger partial charge is 0.394 e. The fourth-order valence-electron chi connectivity index (χ4n) is 2.73. The van der Waals surface area contributed by atoms with Gasteiger partial charge in [-0.3, -0.25) is 0 Å². The maximum Gasteiger partial charge on any atom is 0.111 e. The lowest BCUT2D eigenvalue weighted by molar-refractivity contribution is -0.179. The van der Waals surface area contributed by atoms with Gasteiger partial charge in [0.05, 0.1) is 18.8 Å². The summed E-state index contributed by atoms with van der Waals surface area (Å²) in [5.74, 6) is 0. The van der Waals surface area contributed by atoms with Gasteiger partial charge in [0.1, 0.15) is 12.2 Å². The minimum absolute atomic E-state index is 0.159. The molecule has 4 atom stereocenters. The van der Waals surface area contributed by atoms with E-state index in [0.717, 1.165) is 16.3 Å². The highest BCUT2D eigenvalue weighted by Crippen LogP contribution is 2.33. The summed E-state index contributed by atoms with van der Waals surface area (Å²) < 4.78 is 5.69. The zero-order chi connectivity index (χ0) is 14.1. The molecule has 0 aromatic heterocycles. The van der Waals surface area contributed by atoms with E-state index < -0.39 is 24.4 Å². The smallest absolute Gasteiger partial charge is 0.111 e. The molecule has 4 heteroatoms. The Kier molecular flexibility index (Phi) is 3.72. The average Bonchev–Trinajstić information content (AvgIpc) is 2.49. The Hall–Kier alpha value is -1.46. The Labute approximate surface area is 117 Å². The predicted octanol–water partition coefficient (Wildman–Crippen LogP) is 1.38. The van der Waals surface area contributed by atoms with Crippen molar-refractivity contribution < 1.29 is 20.1 Å². The Morgan fingerprint density at radius 2 is 1.80 bits per heavy atom. The van der Waals surface area contributed by atoms with Gasteiger partial charge in [-0.1, -0.05) is 36.4 Å². The van der Waals surface area contributed by atoms with Crippen LogP contribution in [0.5, 0.6) is 0 Å². The molecule has 106 valence electrons. The lowest BCUT2D eigenvalue weighted by Gasteiger charge is -2.36. The third kappa shape index (κ3) is 2.43. The van der Waals surface area contributed by atoms with Gasteiger partial charge in [-0.2, -0.15) is 0 Å². The quantitative estimate of drug-likeness (QED) is 0.774. The Balaban J connectivity index is 1.95. The molecule has 3 unspecified atom stereocenters. The van der Waals surface area contributed by atoms with Gasteiger partial charge in [0.15, 0.2) is 0 Å². The molecular formula is C16H18O4. The van der Waals surface area contributed by atoms with Crippen LogP contribution in [0.4, 0.5) is 0 Å². The van der Waals surface area contributed by atoms with Crippen LogP contribution in [0, 0.1) is 0 Å². The second-order valence-electron chi connectivity index (χ2n) is 5.26. The van der Waals surface area contributed by atoms with Gasteiger partial charge in [0.2, 0.25) is 0 Å². The second-order valence-corrected chi connectivity index (χ2v) is 5.26. The summed E-state index contributed by atoms with van der Waals surface area (Å²) in [5, 5.41) is 31.4. The number of hydrogen-bond donors (Lipinski definition) is 3. The standard InChI is InChI=1S/C16H18O4/c17-9-13-8-14(18)15(19)16(20-13)12-6-5-10-3-1-2-4-11(10)7-12/h1-7,13-19H,8-9H2/t13?,14?,15?,16-/m1/s1. The SMILES string of the molecule is OCC1CC(O)C(O)[C@@H](c2ccc3ccccc3c2)O1. The van der Waals surface area contributed by atoms with E-state index in [-0.39, 0.29) is 13.0 Å². The van der Waals surface area contributed by atoms with Crippen LogP contribution in [0.15, 0.2) is 42.5 Å². The molecule has 1 aliphatic rings. The van der Waals surface area contributed by atoms with Crippen molar-refractivity contribution in [2.24, 2.45) is 0 Å². The molecule has 0 radical (unpaired) electrons. The van der Waals surface area contributed by atoms with Crippen LogP contribution in [-0.2, 0) is 4.74 Å². The molecule has 3 N–H and O–H groups in total. The van der Waals surface area contributed by atoms with Crippen molar-refractivity contribution in [1.29, 1.82) is 0 Å². The minimum atomic E-state index is -0.973. The molecule has 3 rings (SSSR count). The third-order valence-electron chi connectivity index (χ3n) is 3.85. The first-order valence-corrected chi connectivity index (χ1v) is 6.80. The zero-order valence-electron chi connectivity index (χ0n) is 11.0. The number of aliphatic hydroxyl groups is 3. The molecule has 0 saturated carbocycles. The van der Waals surface area contributed by atoms with Crippen molar-refractivity contribution in [1.82, 2.24) is 0 Å². The Bertz CT molecular complexity index is 598. The molecule has 4 nitrogen and oxygen atoms in total. The Morgan fingerprint density at radius 3 is 2.55 bits per heavy atom. The van der Waals surface area contributed by atoms with E-state index in [4.69, 9.17) is 4.74 Å². The van der Waals surface area contributed by atoms with E-state index in [9.17, 15) is 15.3 Å². The summed E-state index contributed by atoms with van der Waals surface area (Å²) in [6.07, 6.45) is -2.65. The van der Waals surface area contributed by atoms with Crippen molar-refractivity contribution in [2.45, 2.75) is 30.8 Å². The van der Waals surface area contributed by atoms with Gasteiger partial charge in [-0.25, -0.2) is 0 Å². The molecular weight excluding hydrogens is 256 g/mol. The molecule has 0 spiro atoms. The Morgan fingerprint density at radius 1 is 1.05 bits per heavy atom. The first-order valence-electron chi connectivity index (χ1n) is 6.80. The highest BCUT2D eigenvalue weighted by atomic mass is 16.5. The molecule has 0 amide bonds. The highest BCUT2D eigenvalue weighted by molar-refractivity contribution is 5.83. The van der Waals surface area contributed by atoms with Crippen LogP contribution in [0.2, 0.25) is 0 Å². The van der Waals surface area contributed by atoms with E-state index >= 15 is 0 Å². The zero-order valence-corrected chi connectivity index (χ0v) is 11.0. The number of rotatable bonds is 2. The molecule has 1 heterocycles. The predicted molar refractivity (Wildman–Crippen MR) is 75.3 cm³/mol. The number of aliphatic hydroxyl groups excluding tert-OH is 3. The van der Waals surface area contributed by atoms with E-state index in [2.05, 4.69) is 0 Å². The summed E-state index contributed by atoms with van der Waals surface area (Å²) in [6.45, 7) is -0.159. The van der Waals surface area contributed by atoms with Crippen molar-refractivity contribution in [3.05, 3.63) is 48.0 Å². The molecule has 1 saturated heterocycles. The maximum atomic E-state index is 10.1. The fraction of sp³-hybridized carbons (Fsp3) is 0.375. The lowest BCUT2D eigenvalue weighted by atomic mass is 9.92. The topological polar surface area (TPSA) is 69.9 Å². The maximum absolute atomic E-state index is 10.1. The van der Waals surface area contributed by atoms with Crippen LogP contribution in [-0.4, -0.2) is 40.2 Å². The van der Waals surface area contributed by atoms with Crippen molar-refractivity contribution >= 4 is 10.8 Å². The fourth-order valence-corrected chi connectivity index (χ4v) is 2.73. The van der Waals surface area contributed by atoms with Crippen LogP contribution in [0.3, 0.4) is 0 Å². The van der Waals surface area contributed by atoms with E-state index in [1.165, 1.54) is 0 Å². The highest BCUT2D eigenvalue weighted by Gasteiger charge is 2.37. The van der Waals surface area contributed by atoms with Crippen LogP contribution in [0.1, 0.15) is 18.1 Å². The van der Waals surface area contributed by atoms with Gasteiger partial charge in [0.25, 0.3) is 0 Å². The molecule has 2 aromatic carbocycles. The monoisotopic (exact) mass is 274 g/mol. The molecule has 1 fully saturated rings. The van der Waals surface area contributed by atoms with Crippen LogP contribution in [0.25, 0.3) is 10.8 Å². The van der Waals surface area contributed by atoms with E-state index in [0.29, 0.717) is 0 Å². The molecule has 20 heavy (non-hydrogen) atoms. The summed E-state index contributed by atoms with van der Waals surface area (Å²) in [5.41, 5.74) is 0.813. The first-order chi connectivity index (χ1) is 9.69. The third-order valence-corrected chi connectivity index (χ3v) is 3.85. The molecule has 0 bridgehead atoms. The molecule has 0 aliphatic carbocycles. The minimum Gasteiger partial charge on any atom is -0.394 e. The molecule has 1 aliphatic heterocycles. The average molecular weight is 274 g/mol. The van der Waals surface area contributed by atoms with Crippen LogP contribution >= 0.6 is 0 Å². The first kappa shape index (κ1) is 13.5. The number of benzene rings is 2. The summed E-state index contributed by atoms with van der Waals surface area (Å²) in [7, 11) is 0. The summed E-state index contributed by atoms with van der Waals surface area (Å²) in [4.78, 5) is 0. The van der Waals surface area contributed by atoms with Crippen molar-refractivity contribution in [2.75, 3.05) is 6.61 Å². The van der Waals surface area contributed by atoms with Gasteiger partial charge in [-0.05, 0) is 22.4 Å². The van der Waals surface area contributed by atoms with Crippen molar-refractivity contribution in [3.8, 4) is 0 Å². The molecule has 2 aromatic rings. The number of fused-ring (bicyclic) bond motifs is 1.